The van der Waals surface area contributed by atoms with Crippen molar-refractivity contribution in [2.45, 2.75) is 32.8 Å². The summed E-state index contributed by atoms with van der Waals surface area (Å²) in [6, 6.07) is 16.5. The molecular weight excluding hydrogens is 258 g/mol. The number of hydrogen-bond donors (Lipinski definition) is 1. The van der Waals surface area contributed by atoms with E-state index in [9.17, 15) is 10.4 Å². The molecule has 0 aromatic heterocycles. The summed E-state index contributed by atoms with van der Waals surface area (Å²) in [6.07, 6.45) is 0.482. The third-order valence-electron chi connectivity index (χ3n) is 4.72. The lowest BCUT2D eigenvalue weighted by molar-refractivity contribution is 0.0693. The van der Waals surface area contributed by atoms with E-state index in [4.69, 9.17) is 0 Å². The molecule has 1 aliphatic carbocycles. The molecule has 0 amide bonds. The van der Waals surface area contributed by atoms with Crippen LogP contribution in [-0.2, 0) is 12.8 Å². The summed E-state index contributed by atoms with van der Waals surface area (Å²) in [5.74, 6) is 0. The van der Waals surface area contributed by atoms with Crippen LogP contribution in [0.15, 0.2) is 42.5 Å². The third kappa shape index (κ3) is 2.24. The van der Waals surface area contributed by atoms with Crippen LogP contribution in [0.5, 0.6) is 0 Å². The Hall–Kier alpha value is -2.11. The van der Waals surface area contributed by atoms with Crippen molar-refractivity contribution in [1.29, 1.82) is 5.26 Å². The van der Waals surface area contributed by atoms with Crippen molar-refractivity contribution < 1.29 is 5.11 Å². The lowest BCUT2D eigenvalue weighted by Crippen LogP contribution is -2.28. The smallest absolute Gasteiger partial charge is 0.0982 e. The second-order valence-corrected chi connectivity index (χ2v) is 6.14. The molecule has 0 spiro atoms. The van der Waals surface area contributed by atoms with Crippen molar-refractivity contribution in [2.75, 3.05) is 0 Å². The molecule has 2 nitrogen and oxygen atoms in total. The number of nitrogens with zero attached hydrogens (tertiary/aromatic N) is 1. The van der Waals surface area contributed by atoms with Gasteiger partial charge in [-0.1, -0.05) is 42.5 Å². The van der Waals surface area contributed by atoms with Gasteiger partial charge in [-0.25, -0.2) is 0 Å². The fourth-order valence-corrected chi connectivity index (χ4v) is 3.23. The highest BCUT2D eigenvalue weighted by Gasteiger charge is 2.44. The van der Waals surface area contributed by atoms with Gasteiger partial charge in [0.05, 0.1) is 17.6 Å². The number of nitriles is 1. The Kier molecular flexibility index (Phi) is 3.31. The standard InChI is InChI=1S/C19H19NO/c1-13-7-8-15(9-14(13)2)18(21)19(12-20)10-16-5-3-4-6-17(16)11-19/h3-9,18,21H,10-11H2,1-2H3. The van der Waals surface area contributed by atoms with Crippen molar-refractivity contribution in [2.24, 2.45) is 5.41 Å². The largest absolute Gasteiger partial charge is 0.387 e. The molecule has 21 heavy (non-hydrogen) atoms. The van der Waals surface area contributed by atoms with E-state index in [1.165, 1.54) is 16.7 Å². The molecule has 0 bridgehead atoms. The Morgan fingerprint density at radius 2 is 1.67 bits per heavy atom. The van der Waals surface area contributed by atoms with Gasteiger partial charge in [-0.15, -0.1) is 0 Å². The summed E-state index contributed by atoms with van der Waals surface area (Å²) >= 11 is 0. The van der Waals surface area contributed by atoms with E-state index in [1.807, 2.05) is 37.3 Å². The normalized spacial score (nSPS) is 17.0. The summed E-state index contributed by atoms with van der Waals surface area (Å²) in [7, 11) is 0. The second-order valence-electron chi connectivity index (χ2n) is 6.14. The number of fused-ring (bicyclic) bond motifs is 1. The van der Waals surface area contributed by atoms with Crippen molar-refractivity contribution >= 4 is 0 Å². The Morgan fingerprint density at radius 1 is 1.05 bits per heavy atom. The average molecular weight is 277 g/mol. The molecule has 1 atom stereocenters. The molecule has 0 heterocycles. The fraction of sp³-hybridized carbons (Fsp3) is 0.316. The first-order valence-corrected chi connectivity index (χ1v) is 7.29. The van der Waals surface area contributed by atoms with E-state index in [-0.39, 0.29) is 0 Å². The van der Waals surface area contributed by atoms with E-state index in [2.05, 4.69) is 25.1 Å². The Bertz CT molecular complexity index is 702. The van der Waals surface area contributed by atoms with Gasteiger partial charge in [-0.2, -0.15) is 5.26 Å². The third-order valence-corrected chi connectivity index (χ3v) is 4.72. The van der Waals surface area contributed by atoms with Crippen LogP contribution in [0.2, 0.25) is 0 Å². The van der Waals surface area contributed by atoms with Crippen LogP contribution in [0.1, 0.15) is 33.9 Å². The summed E-state index contributed by atoms with van der Waals surface area (Å²) in [6.45, 7) is 4.09. The van der Waals surface area contributed by atoms with E-state index in [0.717, 1.165) is 11.1 Å². The predicted molar refractivity (Wildman–Crippen MR) is 82.8 cm³/mol. The van der Waals surface area contributed by atoms with Crippen molar-refractivity contribution in [3.05, 3.63) is 70.3 Å². The van der Waals surface area contributed by atoms with Crippen molar-refractivity contribution in [3.8, 4) is 6.07 Å². The maximum atomic E-state index is 10.8. The maximum Gasteiger partial charge on any atom is 0.0982 e. The van der Waals surface area contributed by atoms with Crippen molar-refractivity contribution in [1.82, 2.24) is 0 Å². The van der Waals surface area contributed by atoms with Crippen LogP contribution in [0.25, 0.3) is 0 Å². The lowest BCUT2D eigenvalue weighted by Gasteiger charge is -2.27. The number of aliphatic hydroxyl groups excluding tert-OH is 1. The Balaban J connectivity index is 1.98. The van der Waals surface area contributed by atoms with Crippen molar-refractivity contribution in [3.63, 3.8) is 0 Å². The summed E-state index contributed by atoms with van der Waals surface area (Å²) in [4.78, 5) is 0. The molecular formula is C19H19NO. The van der Waals surface area contributed by atoms with Gasteiger partial charge in [-0.05, 0) is 54.5 Å². The van der Waals surface area contributed by atoms with Gasteiger partial charge in [0, 0.05) is 0 Å². The summed E-state index contributed by atoms with van der Waals surface area (Å²) in [5.41, 5.74) is 4.81. The zero-order valence-corrected chi connectivity index (χ0v) is 12.4. The quantitative estimate of drug-likeness (QED) is 0.910. The molecule has 0 saturated carbocycles. The van der Waals surface area contributed by atoms with Gasteiger partial charge >= 0.3 is 0 Å². The number of hydrogen-bond acceptors (Lipinski definition) is 2. The summed E-state index contributed by atoms with van der Waals surface area (Å²) in [5, 5.41) is 20.6. The van der Waals surface area contributed by atoms with Gasteiger partial charge in [0.2, 0.25) is 0 Å². The van der Waals surface area contributed by atoms with Crippen LogP contribution < -0.4 is 0 Å². The molecule has 2 aromatic carbocycles. The fourth-order valence-electron chi connectivity index (χ4n) is 3.23. The first-order chi connectivity index (χ1) is 10.1. The van der Waals surface area contributed by atoms with Crippen LogP contribution in [0.4, 0.5) is 0 Å². The number of rotatable bonds is 2. The lowest BCUT2D eigenvalue weighted by atomic mass is 9.77. The topological polar surface area (TPSA) is 44.0 Å². The minimum atomic E-state index is -0.755. The molecule has 106 valence electrons. The highest BCUT2D eigenvalue weighted by molar-refractivity contribution is 5.41. The number of aliphatic hydroxyl groups is 1. The highest BCUT2D eigenvalue weighted by Crippen LogP contribution is 2.45. The molecule has 2 heteroatoms. The highest BCUT2D eigenvalue weighted by atomic mass is 16.3. The molecule has 3 rings (SSSR count). The Labute approximate surface area is 125 Å². The van der Waals surface area contributed by atoms with E-state index >= 15 is 0 Å². The zero-order valence-electron chi connectivity index (χ0n) is 12.4. The molecule has 1 aliphatic rings. The van der Waals surface area contributed by atoms with E-state index in [0.29, 0.717) is 12.8 Å². The molecule has 0 fully saturated rings. The SMILES string of the molecule is Cc1ccc(C(O)C2(C#N)Cc3ccccc3C2)cc1C. The van der Waals surface area contributed by atoms with Crippen LogP contribution in [0.3, 0.4) is 0 Å². The van der Waals surface area contributed by atoms with E-state index < -0.39 is 11.5 Å². The van der Waals surface area contributed by atoms with Gasteiger partial charge in [0.15, 0.2) is 0 Å². The zero-order chi connectivity index (χ0) is 15.0. The molecule has 1 N–H and O–H groups in total. The molecule has 0 aliphatic heterocycles. The Morgan fingerprint density at radius 3 is 2.19 bits per heavy atom. The van der Waals surface area contributed by atoms with Crippen LogP contribution in [0, 0.1) is 30.6 Å². The first-order valence-electron chi connectivity index (χ1n) is 7.29. The second kappa shape index (κ2) is 5.02. The average Bonchev–Trinajstić information content (AvgIpc) is 2.89. The molecule has 1 unspecified atom stereocenters. The minimum Gasteiger partial charge on any atom is -0.387 e. The summed E-state index contributed by atoms with van der Waals surface area (Å²) < 4.78 is 0. The van der Waals surface area contributed by atoms with Gasteiger partial charge in [-0.3, -0.25) is 0 Å². The predicted octanol–water partition coefficient (Wildman–Crippen LogP) is 3.65. The first kappa shape index (κ1) is 13.9. The van der Waals surface area contributed by atoms with E-state index in [1.54, 1.807) is 0 Å². The number of aryl methyl sites for hydroxylation is 2. The molecule has 0 saturated heterocycles. The maximum absolute atomic E-state index is 10.8. The monoisotopic (exact) mass is 277 g/mol. The molecule has 2 aromatic rings. The molecule has 0 radical (unpaired) electrons. The van der Waals surface area contributed by atoms with Gasteiger partial charge in [0.1, 0.15) is 0 Å². The minimum absolute atomic E-state index is 0.619. The van der Waals surface area contributed by atoms with Gasteiger partial charge < -0.3 is 5.11 Å². The van der Waals surface area contributed by atoms with Crippen LogP contribution >= 0.6 is 0 Å². The number of benzene rings is 2. The van der Waals surface area contributed by atoms with Gasteiger partial charge in [0.25, 0.3) is 0 Å². The van der Waals surface area contributed by atoms with Crippen LogP contribution in [-0.4, -0.2) is 5.11 Å².